The highest BCUT2D eigenvalue weighted by atomic mass is 16.2. The van der Waals surface area contributed by atoms with Crippen LogP contribution in [0.5, 0.6) is 0 Å². The molecule has 0 aromatic heterocycles. The van der Waals surface area contributed by atoms with Gasteiger partial charge < -0.3 is 15.1 Å². The molecule has 0 aromatic rings. The zero-order chi connectivity index (χ0) is 15.8. The second kappa shape index (κ2) is 9.42. The summed E-state index contributed by atoms with van der Waals surface area (Å²) in [5.41, 5.74) is 0. The largest absolute Gasteiger partial charge is 0.336 e. The average Bonchev–Trinajstić information content (AvgIpc) is 2.46. The molecule has 4 heteroatoms. The fourth-order valence-corrected chi connectivity index (χ4v) is 3.52. The van der Waals surface area contributed by atoms with E-state index in [2.05, 4.69) is 44.8 Å². The van der Waals surface area contributed by atoms with Crippen LogP contribution in [-0.2, 0) is 4.79 Å². The highest BCUT2D eigenvalue weighted by Gasteiger charge is 2.32. The lowest BCUT2D eigenvalue weighted by Crippen LogP contribution is -3.11. The number of amides is 1. The van der Waals surface area contributed by atoms with E-state index >= 15 is 0 Å². The molecule has 1 heterocycles. The summed E-state index contributed by atoms with van der Waals surface area (Å²) in [5.74, 6) is 0.338. The van der Waals surface area contributed by atoms with Gasteiger partial charge in [-0.05, 0) is 53.9 Å². The first-order valence-corrected chi connectivity index (χ1v) is 9.00. The number of carbonyl (C=O) groups is 1. The van der Waals surface area contributed by atoms with E-state index in [0.717, 1.165) is 19.4 Å². The van der Waals surface area contributed by atoms with Crippen LogP contribution in [0, 0.1) is 0 Å². The number of likely N-dealkylation sites (tertiary alicyclic amines) is 1. The summed E-state index contributed by atoms with van der Waals surface area (Å²) in [7, 11) is 0. The molecule has 1 aliphatic rings. The van der Waals surface area contributed by atoms with Crippen molar-refractivity contribution >= 4 is 5.91 Å². The van der Waals surface area contributed by atoms with E-state index in [1.165, 1.54) is 32.5 Å². The fourth-order valence-electron chi connectivity index (χ4n) is 3.52. The molecule has 1 aliphatic heterocycles. The molecule has 0 aliphatic carbocycles. The molecule has 124 valence electrons. The van der Waals surface area contributed by atoms with Crippen molar-refractivity contribution in [1.29, 1.82) is 0 Å². The molecule has 0 aromatic carbocycles. The van der Waals surface area contributed by atoms with Gasteiger partial charge in [0.25, 0.3) is 5.91 Å². The molecule has 3 atom stereocenters. The van der Waals surface area contributed by atoms with E-state index in [1.54, 1.807) is 4.90 Å². The van der Waals surface area contributed by atoms with Crippen LogP contribution in [0.4, 0.5) is 0 Å². The van der Waals surface area contributed by atoms with Gasteiger partial charge in [0.1, 0.15) is 0 Å². The van der Waals surface area contributed by atoms with E-state index in [0.29, 0.717) is 18.0 Å². The van der Waals surface area contributed by atoms with Crippen molar-refractivity contribution < 1.29 is 15.0 Å². The summed E-state index contributed by atoms with van der Waals surface area (Å²) in [6, 6.07) is 0.897. The second-order valence-electron chi connectivity index (χ2n) is 6.75. The Labute approximate surface area is 131 Å². The van der Waals surface area contributed by atoms with E-state index in [1.807, 2.05) is 0 Å². The fraction of sp³-hybridized carbons (Fsp3) is 0.941. The highest BCUT2D eigenvalue weighted by molar-refractivity contribution is 5.80. The first kappa shape index (κ1) is 18.4. The summed E-state index contributed by atoms with van der Waals surface area (Å²) >= 11 is 0. The minimum atomic E-state index is 0.0692. The normalized spacial score (nSPS) is 24.4. The maximum Gasteiger partial charge on any atom is 0.280 e. The molecule has 0 bridgehead atoms. The maximum absolute atomic E-state index is 12.6. The van der Waals surface area contributed by atoms with Gasteiger partial charge in [-0.1, -0.05) is 0 Å². The second-order valence-corrected chi connectivity index (χ2v) is 6.75. The molecule has 1 fully saturated rings. The smallest absolute Gasteiger partial charge is 0.280 e. The molecule has 1 saturated heterocycles. The van der Waals surface area contributed by atoms with E-state index in [-0.39, 0.29) is 6.04 Å². The van der Waals surface area contributed by atoms with Crippen LogP contribution in [0.2, 0.25) is 0 Å². The monoisotopic (exact) mass is 299 g/mol. The molecular formula is C17H37N3O+2. The first-order valence-electron chi connectivity index (χ1n) is 9.00. The third-order valence-electron chi connectivity index (χ3n) is 5.09. The molecular weight excluding hydrogens is 262 g/mol. The van der Waals surface area contributed by atoms with Gasteiger partial charge in [-0.3, -0.25) is 4.79 Å². The van der Waals surface area contributed by atoms with E-state index < -0.39 is 0 Å². The number of carbonyl (C=O) groups excluding carboxylic acids is 1. The summed E-state index contributed by atoms with van der Waals surface area (Å²) in [5, 5.41) is 2.24. The Morgan fingerprint density at radius 1 is 1.24 bits per heavy atom. The van der Waals surface area contributed by atoms with Crippen LogP contribution in [0.25, 0.3) is 0 Å². The van der Waals surface area contributed by atoms with Gasteiger partial charge in [0.2, 0.25) is 0 Å². The maximum atomic E-state index is 12.6. The van der Waals surface area contributed by atoms with Crippen molar-refractivity contribution in [3.05, 3.63) is 0 Å². The molecule has 0 radical (unpaired) electrons. The topological polar surface area (TPSA) is 41.4 Å². The number of hydrogen-bond donors (Lipinski definition) is 2. The Hall–Kier alpha value is -0.610. The highest BCUT2D eigenvalue weighted by Crippen LogP contribution is 2.22. The number of nitrogens with zero attached hydrogens (tertiary/aromatic N) is 1. The lowest BCUT2D eigenvalue weighted by Gasteiger charge is -2.39. The summed E-state index contributed by atoms with van der Waals surface area (Å²) < 4.78 is 0. The molecule has 4 nitrogen and oxygen atoms in total. The molecule has 1 rings (SSSR count). The lowest BCUT2D eigenvalue weighted by molar-refractivity contribution is -0.898. The third-order valence-corrected chi connectivity index (χ3v) is 5.09. The van der Waals surface area contributed by atoms with Crippen LogP contribution in [-0.4, -0.2) is 55.1 Å². The molecule has 1 amide bonds. The molecule has 0 unspecified atom stereocenters. The van der Waals surface area contributed by atoms with Crippen LogP contribution in [0.3, 0.4) is 0 Å². The van der Waals surface area contributed by atoms with Crippen LogP contribution >= 0.6 is 0 Å². The summed E-state index contributed by atoms with van der Waals surface area (Å²) in [6.07, 6.45) is 4.78. The number of rotatable bonds is 8. The SMILES string of the molecule is CC[NH+](CC)CCC[NH2+][C@@H](C)C(=O)N1[C@@H](C)CCC[C@@H]1C. The van der Waals surface area contributed by atoms with Crippen LogP contribution in [0.1, 0.15) is 60.3 Å². The quantitative estimate of drug-likeness (QED) is 0.611. The van der Waals surface area contributed by atoms with Crippen molar-refractivity contribution in [3.8, 4) is 0 Å². The lowest BCUT2D eigenvalue weighted by atomic mass is 9.96. The van der Waals surface area contributed by atoms with Crippen LogP contribution < -0.4 is 10.2 Å². The summed E-state index contributed by atoms with van der Waals surface area (Å²) in [6.45, 7) is 15.6. The Morgan fingerprint density at radius 3 is 2.33 bits per heavy atom. The first-order chi connectivity index (χ1) is 10.0. The number of hydrogen-bond acceptors (Lipinski definition) is 1. The molecule has 3 N–H and O–H groups in total. The molecule has 0 spiro atoms. The zero-order valence-electron chi connectivity index (χ0n) is 14.8. The number of nitrogens with one attached hydrogen (secondary N) is 1. The van der Waals surface area contributed by atoms with Crippen molar-refractivity contribution in [3.63, 3.8) is 0 Å². The Morgan fingerprint density at radius 2 is 1.81 bits per heavy atom. The zero-order valence-corrected chi connectivity index (χ0v) is 14.8. The van der Waals surface area contributed by atoms with Gasteiger partial charge in [0.05, 0.1) is 26.2 Å². The minimum absolute atomic E-state index is 0.0692. The predicted octanol–water partition coefficient (Wildman–Crippen LogP) is 0.0426. The van der Waals surface area contributed by atoms with Gasteiger partial charge in [-0.15, -0.1) is 0 Å². The molecule has 0 saturated carbocycles. The van der Waals surface area contributed by atoms with Crippen molar-refractivity contribution in [2.75, 3.05) is 26.2 Å². The van der Waals surface area contributed by atoms with Gasteiger partial charge in [-0.25, -0.2) is 0 Å². The summed E-state index contributed by atoms with van der Waals surface area (Å²) in [4.78, 5) is 16.4. The third kappa shape index (κ3) is 5.59. The Kier molecular flexibility index (Phi) is 8.27. The van der Waals surface area contributed by atoms with Crippen molar-refractivity contribution in [2.45, 2.75) is 78.4 Å². The van der Waals surface area contributed by atoms with Gasteiger partial charge in [0, 0.05) is 18.5 Å². The standard InChI is InChI=1S/C17H35N3O/c1-6-19(7-2)13-9-12-18-16(5)17(21)20-14(3)10-8-11-15(20)4/h14-16,18H,6-13H2,1-5H3/p+2/t14-,15-,16-/m0/s1. The van der Waals surface area contributed by atoms with Crippen molar-refractivity contribution in [1.82, 2.24) is 4.90 Å². The van der Waals surface area contributed by atoms with Gasteiger partial charge >= 0.3 is 0 Å². The number of quaternary nitrogens is 2. The van der Waals surface area contributed by atoms with Crippen molar-refractivity contribution in [2.24, 2.45) is 0 Å². The van der Waals surface area contributed by atoms with E-state index in [4.69, 9.17) is 0 Å². The van der Waals surface area contributed by atoms with E-state index in [9.17, 15) is 4.79 Å². The van der Waals surface area contributed by atoms with Gasteiger partial charge in [0.15, 0.2) is 6.04 Å². The Bertz CT molecular complexity index is 294. The Balaban J connectivity index is 2.33. The predicted molar refractivity (Wildman–Crippen MR) is 87.4 cm³/mol. The number of piperidine rings is 1. The minimum Gasteiger partial charge on any atom is -0.336 e. The molecule has 21 heavy (non-hydrogen) atoms. The van der Waals surface area contributed by atoms with Gasteiger partial charge in [-0.2, -0.15) is 0 Å². The van der Waals surface area contributed by atoms with Crippen LogP contribution in [0.15, 0.2) is 0 Å². The average molecular weight is 300 g/mol. The number of nitrogens with two attached hydrogens (primary N) is 1.